The predicted molar refractivity (Wildman–Crippen MR) is 128 cm³/mol. The number of hydrogen-bond acceptors (Lipinski definition) is 4. The van der Waals surface area contributed by atoms with Crippen LogP contribution in [0.15, 0.2) is 77.7 Å². The fourth-order valence-corrected chi connectivity index (χ4v) is 3.77. The van der Waals surface area contributed by atoms with Gasteiger partial charge in [-0.15, -0.1) is 11.8 Å². The second kappa shape index (κ2) is 10.6. The van der Waals surface area contributed by atoms with E-state index in [1.807, 2.05) is 18.2 Å². The number of carbonyl (C=O) groups is 2. The molecule has 152 valence electrons. The Balaban J connectivity index is 1.64. The number of amides is 1. The monoisotopic (exact) mass is 474 g/mol. The number of rotatable bonds is 6. The Morgan fingerprint density at radius 1 is 0.900 bits per heavy atom. The third kappa shape index (κ3) is 6.31. The summed E-state index contributed by atoms with van der Waals surface area (Å²) < 4.78 is 0. The highest BCUT2D eigenvalue weighted by atomic mass is 35.5. The normalized spacial score (nSPS) is 10.3. The second-order valence-corrected chi connectivity index (χ2v) is 8.46. The van der Waals surface area contributed by atoms with Crippen molar-refractivity contribution >= 4 is 69.7 Å². The second-order valence-electron chi connectivity index (χ2n) is 6.13. The molecule has 0 aromatic heterocycles. The Bertz CT molecular complexity index is 1070. The third-order valence-electron chi connectivity index (χ3n) is 3.95. The summed E-state index contributed by atoms with van der Waals surface area (Å²) in [5, 5.41) is 6.70. The molecule has 0 spiro atoms. The topological polar surface area (TPSA) is 58.2 Å². The van der Waals surface area contributed by atoms with Gasteiger partial charge in [0.1, 0.15) is 0 Å². The van der Waals surface area contributed by atoms with Crippen molar-refractivity contribution in [3.05, 3.63) is 94.0 Å². The number of benzene rings is 3. The van der Waals surface area contributed by atoms with Gasteiger partial charge in [-0.25, -0.2) is 0 Å². The average Bonchev–Trinajstić information content (AvgIpc) is 2.74. The van der Waals surface area contributed by atoms with Crippen LogP contribution in [0.1, 0.15) is 15.9 Å². The van der Waals surface area contributed by atoms with Crippen LogP contribution >= 0.6 is 47.2 Å². The predicted octanol–water partition coefficient (Wildman–Crippen LogP) is 5.83. The molecule has 0 atom stereocenters. The summed E-state index contributed by atoms with van der Waals surface area (Å²) in [7, 11) is 0. The molecule has 3 aromatic carbocycles. The Kier molecular flexibility index (Phi) is 7.87. The summed E-state index contributed by atoms with van der Waals surface area (Å²) in [6.45, 7) is 0. The van der Waals surface area contributed by atoms with Crippen LogP contribution in [0.3, 0.4) is 0 Å². The van der Waals surface area contributed by atoms with Crippen LogP contribution in [0.5, 0.6) is 0 Å². The molecule has 0 radical (unpaired) electrons. The molecule has 0 saturated carbocycles. The Morgan fingerprint density at radius 3 is 2.27 bits per heavy atom. The summed E-state index contributed by atoms with van der Waals surface area (Å²) in [4.78, 5) is 26.0. The van der Waals surface area contributed by atoms with Gasteiger partial charge in [0.05, 0.1) is 11.4 Å². The lowest BCUT2D eigenvalue weighted by molar-refractivity contribution is -0.117. The number of nitrogens with one attached hydrogen (secondary N) is 2. The zero-order chi connectivity index (χ0) is 21.5. The van der Waals surface area contributed by atoms with Crippen molar-refractivity contribution in [1.82, 2.24) is 5.32 Å². The number of carbonyl (C=O) groups excluding carboxylic acids is 2. The standard InChI is InChI=1S/C22H16Cl2N2O2S2/c23-15-6-9-17(10-7-15)30-13-20(27)26-22(29)25-19-11-8-16(24)12-18(19)21(28)14-4-2-1-3-5-14/h1-12H,13H2,(H2,25,26,27,29). The molecule has 0 saturated heterocycles. The highest BCUT2D eigenvalue weighted by Gasteiger charge is 2.16. The fraction of sp³-hybridized carbons (Fsp3) is 0.0455. The van der Waals surface area contributed by atoms with E-state index in [0.29, 0.717) is 26.9 Å². The van der Waals surface area contributed by atoms with Crippen molar-refractivity contribution in [3.63, 3.8) is 0 Å². The van der Waals surface area contributed by atoms with E-state index in [2.05, 4.69) is 10.6 Å². The number of hydrogen-bond donors (Lipinski definition) is 2. The molecule has 1 amide bonds. The highest BCUT2D eigenvalue weighted by Crippen LogP contribution is 2.24. The van der Waals surface area contributed by atoms with Gasteiger partial charge in [-0.05, 0) is 54.7 Å². The lowest BCUT2D eigenvalue weighted by atomic mass is 10.0. The van der Waals surface area contributed by atoms with Crippen molar-refractivity contribution in [2.75, 3.05) is 11.1 Å². The maximum absolute atomic E-state index is 12.9. The van der Waals surface area contributed by atoms with Gasteiger partial charge in [0.2, 0.25) is 5.91 Å². The van der Waals surface area contributed by atoms with Gasteiger partial charge < -0.3 is 10.6 Å². The van der Waals surface area contributed by atoms with Gasteiger partial charge in [-0.3, -0.25) is 9.59 Å². The molecule has 0 aliphatic carbocycles. The molecule has 0 aliphatic heterocycles. The molecule has 0 heterocycles. The van der Waals surface area contributed by atoms with Gasteiger partial charge in [-0.2, -0.15) is 0 Å². The van der Waals surface area contributed by atoms with Crippen molar-refractivity contribution in [2.45, 2.75) is 4.90 Å². The van der Waals surface area contributed by atoms with Crippen LogP contribution in [0.4, 0.5) is 5.69 Å². The summed E-state index contributed by atoms with van der Waals surface area (Å²) in [5.41, 5.74) is 1.35. The lowest BCUT2D eigenvalue weighted by Gasteiger charge is -2.13. The Morgan fingerprint density at radius 2 is 1.57 bits per heavy atom. The SMILES string of the molecule is O=C(CSc1ccc(Cl)cc1)NC(=S)Nc1ccc(Cl)cc1C(=O)c1ccccc1. The number of thioether (sulfide) groups is 1. The Labute approximate surface area is 194 Å². The van der Waals surface area contributed by atoms with Gasteiger partial charge >= 0.3 is 0 Å². The minimum atomic E-state index is -0.266. The van der Waals surface area contributed by atoms with Gasteiger partial charge in [-0.1, -0.05) is 53.5 Å². The average molecular weight is 475 g/mol. The number of anilines is 1. The smallest absolute Gasteiger partial charge is 0.236 e. The first-order chi connectivity index (χ1) is 14.4. The first-order valence-corrected chi connectivity index (χ1v) is 11.0. The maximum atomic E-state index is 12.9. The molecular weight excluding hydrogens is 459 g/mol. The summed E-state index contributed by atoms with van der Waals surface area (Å²) in [6, 6.07) is 20.9. The molecule has 2 N–H and O–H groups in total. The molecule has 0 aliphatic rings. The van der Waals surface area contributed by atoms with E-state index in [0.717, 1.165) is 4.90 Å². The van der Waals surface area contributed by atoms with Crippen molar-refractivity contribution in [1.29, 1.82) is 0 Å². The van der Waals surface area contributed by atoms with E-state index >= 15 is 0 Å². The van der Waals surface area contributed by atoms with Crippen LogP contribution in [0.25, 0.3) is 0 Å². The Hall–Kier alpha value is -2.38. The maximum Gasteiger partial charge on any atom is 0.236 e. The minimum absolute atomic E-state index is 0.0983. The number of thiocarbonyl (C=S) groups is 1. The molecule has 8 heteroatoms. The van der Waals surface area contributed by atoms with E-state index in [4.69, 9.17) is 35.4 Å². The van der Waals surface area contributed by atoms with Gasteiger partial charge in [0.15, 0.2) is 10.9 Å². The number of halogens is 2. The highest BCUT2D eigenvalue weighted by molar-refractivity contribution is 8.00. The molecule has 0 fully saturated rings. The minimum Gasteiger partial charge on any atom is -0.332 e. The van der Waals surface area contributed by atoms with Crippen LogP contribution in [0, 0.1) is 0 Å². The molecule has 4 nitrogen and oxygen atoms in total. The number of ketones is 1. The zero-order valence-corrected chi connectivity index (χ0v) is 18.7. The van der Waals surface area contributed by atoms with E-state index in [9.17, 15) is 9.59 Å². The quantitative estimate of drug-likeness (QED) is 0.267. The molecule has 3 aromatic rings. The van der Waals surface area contributed by atoms with Crippen LogP contribution in [-0.2, 0) is 4.79 Å². The first kappa shape index (κ1) is 22.3. The van der Waals surface area contributed by atoms with E-state index in [-0.39, 0.29) is 22.6 Å². The van der Waals surface area contributed by atoms with E-state index < -0.39 is 0 Å². The van der Waals surface area contributed by atoms with Crippen molar-refractivity contribution in [2.24, 2.45) is 0 Å². The lowest BCUT2D eigenvalue weighted by Crippen LogP contribution is -2.35. The van der Waals surface area contributed by atoms with Crippen LogP contribution in [0.2, 0.25) is 10.0 Å². The fourth-order valence-electron chi connectivity index (χ4n) is 2.55. The van der Waals surface area contributed by atoms with Gasteiger partial charge in [0, 0.05) is 26.1 Å². The van der Waals surface area contributed by atoms with Crippen molar-refractivity contribution < 1.29 is 9.59 Å². The molecule has 0 bridgehead atoms. The summed E-state index contributed by atoms with van der Waals surface area (Å²) in [5.74, 6) is -0.287. The molecule has 30 heavy (non-hydrogen) atoms. The summed E-state index contributed by atoms with van der Waals surface area (Å²) in [6.07, 6.45) is 0. The summed E-state index contributed by atoms with van der Waals surface area (Å²) >= 11 is 18.5. The van der Waals surface area contributed by atoms with E-state index in [1.54, 1.807) is 54.6 Å². The van der Waals surface area contributed by atoms with E-state index in [1.165, 1.54) is 11.8 Å². The molecular formula is C22H16Cl2N2O2S2. The van der Waals surface area contributed by atoms with Crippen molar-refractivity contribution in [3.8, 4) is 0 Å². The largest absolute Gasteiger partial charge is 0.332 e. The zero-order valence-electron chi connectivity index (χ0n) is 15.5. The van der Waals surface area contributed by atoms with Crippen LogP contribution < -0.4 is 10.6 Å². The first-order valence-electron chi connectivity index (χ1n) is 8.81. The van der Waals surface area contributed by atoms with Gasteiger partial charge in [0.25, 0.3) is 0 Å². The van der Waals surface area contributed by atoms with Crippen LogP contribution in [-0.4, -0.2) is 22.6 Å². The molecule has 0 unspecified atom stereocenters. The molecule has 3 rings (SSSR count). The third-order valence-corrected chi connectivity index (χ3v) is 5.65.